The van der Waals surface area contributed by atoms with E-state index in [2.05, 4.69) is 14.7 Å². The third-order valence-electron chi connectivity index (χ3n) is 4.50. The van der Waals surface area contributed by atoms with Gasteiger partial charge >= 0.3 is 0 Å². The predicted molar refractivity (Wildman–Crippen MR) is 115 cm³/mol. The number of hydrogen-bond donors (Lipinski definition) is 1. The molecule has 1 N–H and O–H groups in total. The molecule has 0 saturated carbocycles. The van der Waals surface area contributed by atoms with Crippen molar-refractivity contribution >= 4 is 49.8 Å². The monoisotopic (exact) mass is 448 g/mol. The summed E-state index contributed by atoms with van der Waals surface area (Å²) >= 11 is 7.74. The Morgan fingerprint density at radius 2 is 2.17 bits per heavy atom. The van der Waals surface area contributed by atoms with E-state index in [1.165, 1.54) is 17.4 Å². The Hall–Kier alpha value is -2.49. The third kappa shape index (κ3) is 4.42. The Labute approximate surface area is 177 Å². The molecule has 0 atom stereocenters. The summed E-state index contributed by atoms with van der Waals surface area (Å²) in [5.74, 6) is -0.0739. The molecule has 0 bridgehead atoms. The van der Waals surface area contributed by atoms with Gasteiger partial charge in [-0.25, -0.2) is 13.4 Å². The lowest BCUT2D eigenvalue weighted by atomic mass is 10.1. The normalized spacial score (nSPS) is 17.4. The van der Waals surface area contributed by atoms with Crippen LogP contribution < -0.4 is 5.32 Å². The number of amides is 1. The van der Waals surface area contributed by atoms with Crippen molar-refractivity contribution in [3.63, 3.8) is 0 Å². The molecule has 150 valence electrons. The quantitative estimate of drug-likeness (QED) is 0.775. The average molecular weight is 449 g/mol. The molecule has 10 heteroatoms. The fourth-order valence-corrected chi connectivity index (χ4v) is 4.98. The first-order chi connectivity index (χ1) is 13.8. The summed E-state index contributed by atoms with van der Waals surface area (Å²) in [7, 11) is -3.42. The smallest absolute Gasteiger partial charge is 0.258 e. The number of nitrogens with one attached hydrogen (secondary N) is 1. The summed E-state index contributed by atoms with van der Waals surface area (Å²) in [6, 6.07) is 5.90. The van der Waals surface area contributed by atoms with Gasteiger partial charge in [0.1, 0.15) is 5.84 Å². The molecule has 1 amide bonds. The number of amidine groups is 1. The van der Waals surface area contributed by atoms with E-state index in [0.717, 1.165) is 21.0 Å². The Kier molecular flexibility index (Phi) is 5.28. The highest BCUT2D eigenvalue weighted by atomic mass is 35.5. The Morgan fingerprint density at radius 1 is 1.34 bits per heavy atom. The molecule has 0 saturated heterocycles. The SMILES string of the molecule is Cc1cccc(Cc2cnc(NC(=O)C3=CN4CCS(=O)(=O)N=C4C=C3)s2)c1Cl. The fourth-order valence-electron chi connectivity index (χ4n) is 2.98. The molecule has 2 aliphatic rings. The second-order valence-corrected chi connectivity index (χ2v) is 9.91. The van der Waals surface area contributed by atoms with E-state index in [0.29, 0.717) is 23.0 Å². The average Bonchev–Trinajstić information content (AvgIpc) is 3.11. The molecule has 0 radical (unpaired) electrons. The van der Waals surface area contributed by atoms with Crippen LogP contribution in [0, 0.1) is 6.92 Å². The summed E-state index contributed by atoms with van der Waals surface area (Å²) in [4.78, 5) is 19.5. The van der Waals surface area contributed by atoms with Gasteiger partial charge < -0.3 is 4.90 Å². The fraction of sp³-hybridized carbons (Fsp3) is 0.211. The molecular formula is C19H17ClN4O3S2. The van der Waals surface area contributed by atoms with Crippen LogP contribution in [0.2, 0.25) is 5.02 Å². The van der Waals surface area contributed by atoms with E-state index in [-0.39, 0.29) is 18.2 Å². The van der Waals surface area contributed by atoms with Crippen LogP contribution in [0.4, 0.5) is 5.13 Å². The molecule has 3 heterocycles. The van der Waals surface area contributed by atoms with Crippen LogP contribution in [0.15, 0.2) is 52.7 Å². The topological polar surface area (TPSA) is 91.7 Å². The van der Waals surface area contributed by atoms with Crippen LogP contribution in [0.1, 0.15) is 16.0 Å². The zero-order valence-electron chi connectivity index (χ0n) is 15.4. The van der Waals surface area contributed by atoms with Gasteiger partial charge in [-0.2, -0.15) is 0 Å². The number of sulfonamides is 1. The molecule has 29 heavy (non-hydrogen) atoms. The van der Waals surface area contributed by atoms with E-state index in [1.807, 2.05) is 25.1 Å². The molecular weight excluding hydrogens is 432 g/mol. The number of carbonyl (C=O) groups excluding carboxylic acids is 1. The summed E-state index contributed by atoms with van der Waals surface area (Å²) in [5, 5.41) is 4.02. The summed E-state index contributed by atoms with van der Waals surface area (Å²) in [6.45, 7) is 2.23. The Bertz CT molecular complexity index is 1180. The molecule has 2 aromatic rings. The first-order valence-corrected chi connectivity index (χ1v) is 11.6. The van der Waals surface area contributed by atoms with Crippen LogP contribution in [0.25, 0.3) is 0 Å². The summed E-state index contributed by atoms with van der Waals surface area (Å²) in [5.41, 5.74) is 2.44. The lowest BCUT2D eigenvalue weighted by molar-refractivity contribution is -0.112. The summed E-state index contributed by atoms with van der Waals surface area (Å²) < 4.78 is 26.8. The van der Waals surface area contributed by atoms with Crippen LogP contribution >= 0.6 is 22.9 Å². The number of halogens is 1. The summed E-state index contributed by atoms with van der Waals surface area (Å²) in [6.07, 6.45) is 7.04. The van der Waals surface area contributed by atoms with Gasteiger partial charge in [-0.1, -0.05) is 29.8 Å². The zero-order valence-corrected chi connectivity index (χ0v) is 17.8. The van der Waals surface area contributed by atoms with Gasteiger partial charge in [0.05, 0.1) is 11.3 Å². The number of carbonyl (C=O) groups is 1. The number of nitrogens with zero attached hydrogens (tertiary/aromatic N) is 3. The molecule has 1 aromatic heterocycles. The van der Waals surface area contributed by atoms with E-state index in [4.69, 9.17) is 11.6 Å². The van der Waals surface area contributed by atoms with Gasteiger partial charge in [0.25, 0.3) is 15.9 Å². The minimum absolute atomic E-state index is 0.0763. The highest BCUT2D eigenvalue weighted by Gasteiger charge is 2.25. The molecule has 4 rings (SSSR count). The van der Waals surface area contributed by atoms with Gasteiger partial charge in [-0.3, -0.25) is 10.1 Å². The molecule has 7 nitrogen and oxygen atoms in total. The first-order valence-electron chi connectivity index (χ1n) is 8.80. The number of rotatable bonds is 4. The van der Waals surface area contributed by atoms with Crippen molar-refractivity contribution < 1.29 is 13.2 Å². The molecule has 0 fully saturated rings. The maximum Gasteiger partial charge on any atom is 0.258 e. The van der Waals surface area contributed by atoms with Crippen molar-refractivity contribution in [2.24, 2.45) is 4.40 Å². The van der Waals surface area contributed by atoms with Gasteiger partial charge in [-0.15, -0.1) is 15.7 Å². The van der Waals surface area contributed by atoms with Crippen LogP contribution in [0.5, 0.6) is 0 Å². The van der Waals surface area contributed by atoms with Crippen molar-refractivity contribution in [2.45, 2.75) is 13.3 Å². The molecule has 0 aliphatic carbocycles. The van der Waals surface area contributed by atoms with Crippen molar-refractivity contribution in [3.8, 4) is 0 Å². The first kappa shape index (κ1) is 19.8. The second kappa shape index (κ2) is 7.74. The van der Waals surface area contributed by atoms with E-state index < -0.39 is 10.0 Å². The number of aryl methyl sites for hydroxylation is 1. The molecule has 2 aliphatic heterocycles. The van der Waals surface area contributed by atoms with E-state index in [1.54, 1.807) is 23.4 Å². The van der Waals surface area contributed by atoms with Crippen LogP contribution in [-0.2, 0) is 21.2 Å². The largest absolute Gasteiger partial charge is 0.330 e. The standard InChI is InChI=1S/C19H17ClN4O3S2/c1-12-3-2-4-13(17(12)20)9-15-10-21-19(28-15)22-18(25)14-5-6-16-23-29(26,27)8-7-24(16)11-14/h2-6,10-11H,7-9H2,1H3,(H,21,22,25). The number of thiazole rings is 1. The minimum atomic E-state index is -3.42. The van der Waals surface area contributed by atoms with E-state index >= 15 is 0 Å². The number of fused-ring (bicyclic) bond motifs is 1. The number of hydrogen-bond acceptors (Lipinski definition) is 6. The molecule has 0 unspecified atom stereocenters. The third-order valence-corrected chi connectivity index (χ3v) is 7.11. The maximum absolute atomic E-state index is 12.6. The van der Waals surface area contributed by atoms with Crippen molar-refractivity contribution in [2.75, 3.05) is 17.6 Å². The van der Waals surface area contributed by atoms with Gasteiger partial charge in [0.2, 0.25) is 0 Å². The van der Waals surface area contributed by atoms with Crippen molar-refractivity contribution in [3.05, 3.63) is 69.3 Å². The van der Waals surface area contributed by atoms with Gasteiger partial charge in [-0.05, 0) is 30.2 Å². The highest BCUT2D eigenvalue weighted by Crippen LogP contribution is 2.27. The van der Waals surface area contributed by atoms with Crippen LogP contribution in [-0.4, -0.2) is 42.3 Å². The van der Waals surface area contributed by atoms with Crippen LogP contribution in [0.3, 0.4) is 0 Å². The second-order valence-electron chi connectivity index (χ2n) is 6.66. The number of aromatic nitrogens is 1. The lowest BCUT2D eigenvalue weighted by Gasteiger charge is -2.26. The Balaban J connectivity index is 1.44. The predicted octanol–water partition coefficient (Wildman–Crippen LogP) is 3.13. The number of benzene rings is 1. The van der Waals surface area contributed by atoms with Gasteiger partial charge in [0.15, 0.2) is 5.13 Å². The van der Waals surface area contributed by atoms with E-state index in [9.17, 15) is 13.2 Å². The zero-order chi connectivity index (χ0) is 20.6. The highest BCUT2D eigenvalue weighted by molar-refractivity contribution is 7.90. The minimum Gasteiger partial charge on any atom is -0.330 e. The van der Waals surface area contributed by atoms with Crippen molar-refractivity contribution in [1.82, 2.24) is 9.88 Å². The lowest BCUT2D eigenvalue weighted by Crippen LogP contribution is -2.37. The molecule has 0 spiro atoms. The molecule has 1 aromatic carbocycles. The maximum atomic E-state index is 12.6. The number of anilines is 1. The van der Waals surface area contributed by atoms with Gasteiger partial charge in [0, 0.05) is 35.3 Å². The Morgan fingerprint density at radius 3 is 3.00 bits per heavy atom. The van der Waals surface area contributed by atoms with Crippen molar-refractivity contribution in [1.29, 1.82) is 0 Å².